The molecule has 0 bridgehead atoms. The van der Waals surface area contributed by atoms with Gasteiger partial charge in [0, 0.05) is 22.9 Å². The summed E-state index contributed by atoms with van der Waals surface area (Å²) < 4.78 is 5.44. The Morgan fingerprint density at radius 1 is 1.24 bits per heavy atom. The Morgan fingerprint density at radius 2 is 1.92 bits per heavy atom. The van der Waals surface area contributed by atoms with Gasteiger partial charge in [0.25, 0.3) is 0 Å². The zero-order chi connectivity index (χ0) is 17.1. The highest BCUT2D eigenvalue weighted by atomic mass is 35.5. The lowest BCUT2D eigenvalue weighted by Crippen LogP contribution is -2.26. The van der Waals surface area contributed by atoms with Crippen LogP contribution < -0.4 is 4.74 Å². The van der Waals surface area contributed by atoms with Crippen LogP contribution in [0.5, 0.6) is 5.75 Å². The molecule has 1 atom stereocenters. The molecule has 1 N–H and O–H groups in total. The molecule has 1 aliphatic heterocycles. The minimum Gasteiger partial charge on any atom is -0.496 e. The number of para-hydroxylation sites is 1. The fraction of sp³-hybridized carbons (Fsp3) is 0.263. The van der Waals surface area contributed by atoms with Crippen molar-refractivity contribution in [1.82, 2.24) is 5.01 Å². The topological polar surface area (TPSA) is 48.7 Å². The van der Waals surface area contributed by atoms with Crippen LogP contribution in [0.4, 0.5) is 0 Å². The Labute approximate surface area is 159 Å². The number of hydrogen-bond acceptors (Lipinski definition) is 3. The normalized spacial score (nSPS) is 16.2. The van der Waals surface area contributed by atoms with Crippen LogP contribution in [0.1, 0.15) is 18.1 Å². The number of ether oxygens (including phenoxy) is 1. The van der Waals surface area contributed by atoms with Crippen molar-refractivity contribution in [2.24, 2.45) is 11.0 Å². The van der Waals surface area contributed by atoms with E-state index in [4.69, 9.17) is 21.7 Å². The molecule has 0 saturated carbocycles. The molecule has 2 aromatic rings. The predicted molar refractivity (Wildman–Crippen MR) is 106 cm³/mol. The highest BCUT2D eigenvalue weighted by Crippen LogP contribution is 2.26. The number of nitrogens with zero attached hydrogens (tertiary/aromatic N) is 2. The lowest BCUT2D eigenvalue weighted by molar-refractivity contribution is 0.413. The summed E-state index contributed by atoms with van der Waals surface area (Å²) in [6, 6.07) is 15.5. The molecule has 6 heteroatoms. The van der Waals surface area contributed by atoms with Crippen LogP contribution in [0.15, 0.2) is 53.6 Å². The van der Waals surface area contributed by atoms with Gasteiger partial charge >= 0.3 is 0 Å². The number of benzene rings is 2. The summed E-state index contributed by atoms with van der Waals surface area (Å²) in [7, 11) is 1.67. The Bertz CT molecular complexity index is 774. The summed E-state index contributed by atoms with van der Waals surface area (Å²) >= 11 is 5.91. The lowest BCUT2D eigenvalue weighted by atomic mass is 9.98. The van der Waals surface area contributed by atoms with Crippen molar-refractivity contribution in [3.05, 3.63) is 64.7 Å². The van der Waals surface area contributed by atoms with Gasteiger partial charge in [0.05, 0.1) is 19.4 Å². The van der Waals surface area contributed by atoms with Crippen LogP contribution in [0, 0.1) is 11.3 Å². The Kier molecular flexibility index (Phi) is 6.45. The van der Waals surface area contributed by atoms with E-state index in [0.29, 0.717) is 23.8 Å². The number of rotatable bonds is 4. The second kappa shape index (κ2) is 8.37. The van der Waals surface area contributed by atoms with E-state index < -0.39 is 0 Å². The second-order valence-electron chi connectivity index (χ2n) is 5.92. The Morgan fingerprint density at radius 3 is 2.60 bits per heavy atom. The summed E-state index contributed by atoms with van der Waals surface area (Å²) in [5.41, 5.74) is 3.01. The fourth-order valence-corrected chi connectivity index (χ4v) is 2.97. The fourth-order valence-electron chi connectivity index (χ4n) is 2.85. The third kappa shape index (κ3) is 4.33. The molecule has 0 spiro atoms. The van der Waals surface area contributed by atoms with Crippen molar-refractivity contribution in [1.29, 1.82) is 5.41 Å². The minimum atomic E-state index is 0. The average molecular weight is 378 g/mol. The monoisotopic (exact) mass is 377 g/mol. The molecule has 0 fully saturated rings. The van der Waals surface area contributed by atoms with Crippen LogP contribution in [0.3, 0.4) is 0 Å². The highest BCUT2D eigenvalue weighted by Gasteiger charge is 2.27. The van der Waals surface area contributed by atoms with Crippen molar-refractivity contribution in [3.8, 4) is 5.75 Å². The average Bonchev–Trinajstić information content (AvgIpc) is 2.98. The SMILES string of the molecule is COc1ccccc1C1=NN(C(=N)Cc2ccc(Cl)cc2)CC1C.Cl. The summed E-state index contributed by atoms with van der Waals surface area (Å²) in [5.74, 6) is 1.54. The van der Waals surface area contributed by atoms with Gasteiger partial charge in [-0.15, -0.1) is 12.4 Å². The summed E-state index contributed by atoms with van der Waals surface area (Å²) in [6.45, 7) is 2.83. The first-order valence-electron chi connectivity index (χ1n) is 7.89. The summed E-state index contributed by atoms with van der Waals surface area (Å²) in [6.07, 6.45) is 0.534. The molecule has 1 heterocycles. The van der Waals surface area contributed by atoms with Gasteiger partial charge in [-0.25, -0.2) is 0 Å². The van der Waals surface area contributed by atoms with Gasteiger partial charge in [0.1, 0.15) is 11.6 Å². The van der Waals surface area contributed by atoms with E-state index in [1.165, 1.54) is 0 Å². The van der Waals surface area contributed by atoms with E-state index in [9.17, 15) is 0 Å². The van der Waals surface area contributed by atoms with Gasteiger partial charge in [-0.2, -0.15) is 5.10 Å². The molecule has 0 aliphatic carbocycles. The zero-order valence-corrected chi connectivity index (χ0v) is 15.8. The van der Waals surface area contributed by atoms with Crippen molar-refractivity contribution >= 4 is 35.6 Å². The van der Waals surface area contributed by atoms with E-state index >= 15 is 0 Å². The number of amidine groups is 1. The number of hydrazone groups is 1. The molecule has 1 unspecified atom stereocenters. The highest BCUT2D eigenvalue weighted by molar-refractivity contribution is 6.30. The molecule has 2 aromatic carbocycles. The Hall–Kier alpha value is -2.04. The maximum Gasteiger partial charge on any atom is 0.127 e. The molecule has 0 saturated heterocycles. The van der Waals surface area contributed by atoms with Crippen LogP contribution in [0.2, 0.25) is 5.02 Å². The second-order valence-corrected chi connectivity index (χ2v) is 6.36. The zero-order valence-electron chi connectivity index (χ0n) is 14.2. The lowest BCUT2D eigenvalue weighted by Gasteiger charge is -2.15. The van der Waals surface area contributed by atoms with E-state index in [1.54, 1.807) is 12.1 Å². The summed E-state index contributed by atoms with van der Waals surface area (Å²) in [5, 5.41) is 15.5. The molecule has 132 valence electrons. The first-order valence-corrected chi connectivity index (χ1v) is 8.27. The smallest absolute Gasteiger partial charge is 0.127 e. The number of halogens is 2. The minimum absolute atomic E-state index is 0. The first kappa shape index (κ1) is 19.3. The van der Waals surface area contributed by atoms with E-state index in [2.05, 4.69) is 12.0 Å². The quantitative estimate of drug-likeness (QED) is 0.622. The van der Waals surface area contributed by atoms with Crippen LogP contribution in [-0.2, 0) is 6.42 Å². The molecular formula is C19H21Cl2N3O. The number of hydrogen-bond donors (Lipinski definition) is 1. The van der Waals surface area contributed by atoms with Gasteiger partial charge < -0.3 is 4.74 Å². The van der Waals surface area contributed by atoms with E-state index in [1.807, 2.05) is 48.5 Å². The van der Waals surface area contributed by atoms with Crippen LogP contribution >= 0.6 is 24.0 Å². The van der Waals surface area contributed by atoms with Crippen molar-refractivity contribution < 1.29 is 4.74 Å². The van der Waals surface area contributed by atoms with Crippen molar-refractivity contribution in [2.45, 2.75) is 13.3 Å². The number of methoxy groups -OCH3 is 1. The molecule has 0 radical (unpaired) electrons. The number of nitrogens with one attached hydrogen (secondary N) is 1. The molecule has 4 nitrogen and oxygen atoms in total. The van der Waals surface area contributed by atoms with Gasteiger partial charge in [-0.3, -0.25) is 10.4 Å². The predicted octanol–water partition coefficient (Wildman–Crippen LogP) is 4.65. The van der Waals surface area contributed by atoms with Gasteiger partial charge in [-0.1, -0.05) is 42.8 Å². The largest absolute Gasteiger partial charge is 0.496 e. The van der Waals surface area contributed by atoms with Crippen molar-refractivity contribution in [3.63, 3.8) is 0 Å². The van der Waals surface area contributed by atoms with Gasteiger partial charge in [-0.05, 0) is 29.8 Å². The van der Waals surface area contributed by atoms with E-state index in [0.717, 1.165) is 22.6 Å². The van der Waals surface area contributed by atoms with Crippen LogP contribution in [0.25, 0.3) is 0 Å². The van der Waals surface area contributed by atoms with E-state index in [-0.39, 0.29) is 18.3 Å². The first-order chi connectivity index (χ1) is 11.6. The molecule has 3 rings (SSSR count). The maximum atomic E-state index is 8.37. The van der Waals surface area contributed by atoms with Crippen LogP contribution in [-0.4, -0.2) is 30.2 Å². The molecular weight excluding hydrogens is 357 g/mol. The standard InChI is InChI=1S/C19H20ClN3O.ClH/c1-13-12-23(18(21)11-14-7-9-15(20)10-8-14)22-19(13)16-5-3-4-6-17(16)24-2;/h3-10,13,21H,11-12H2,1-2H3;1H. The third-order valence-corrected chi connectivity index (χ3v) is 4.37. The maximum absolute atomic E-state index is 8.37. The Balaban J connectivity index is 0.00000225. The van der Waals surface area contributed by atoms with Gasteiger partial charge in [0.2, 0.25) is 0 Å². The molecule has 0 amide bonds. The molecule has 0 aromatic heterocycles. The summed E-state index contributed by atoms with van der Waals surface area (Å²) in [4.78, 5) is 0. The molecule has 25 heavy (non-hydrogen) atoms. The molecule has 1 aliphatic rings. The third-order valence-electron chi connectivity index (χ3n) is 4.12. The van der Waals surface area contributed by atoms with Crippen molar-refractivity contribution in [2.75, 3.05) is 13.7 Å². The van der Waals surface area contributed by atoms with Gasteiger partial charge in [0.15, 0.2) is 0 Å².